The first-order valence-corrected chi connectivity index (χ1v) is 6.43. The third-order valence-corrected chi connectivity index (χ3v) is 3.86. The zero-order valence-corrected chi connectivity index (χ0v) is 11.5. The van der Waals surface area contributed by atoms with Gasteiger partial charge in [0.2, 0.25) is 5.95 Å². The summed E-state index contributed by atoms with van der Waals surface area (Å²) in [6, 6.07) is 0. The van der Waals surface area contributed by atoms with Gasteiger partial charge in [-0.2, -0.15) is 0 Å². The number of hydrogen-bond acceptors (Lipinski definition) is 4. The predicted molar refractivity (Wildman–Crippen MR) is 71.5 cm³/mol. The number of anilines is 1. The van der Waals surface area contributed by atoms with Gasteiger partial charge in [-0.05, 0) is 26.7 Å². The molecule has 0 radical (unpaired) electrons. The molecule has 0 amide bonds. The Balaban J connectivity index is 2.25. The first kappa shape index (κ1) is 13.6. The van der Waals surface area contributed by atoms with Crippen molar-refractivity contribution in [1.82, 2.24) is 9.55 Å². The number of carbonyl (C=O) groups is 1. The Morgan fingerprint density at radius 1 is 1.32 bits per heavy atom. The van der Waals surface area contributed by atoms with Crippen LogP contribution in [0.5, 0.6) is 0 Å². The normalized spacial score (nSPS) is 16.7. The van der Waals surface area contributed by atoms with Crippen molar-refractivity contribution < 1.29 is 9.90 Å². The summed E-state index contributed by atoms with van der Waals surface area (Å²) in [5, 5.41) is 8.98. The molecule has 0 atom stereocenters. The molecule has 1 N–H and O–H groups in total. The standard InChI is InChI=1S/C13H19N3O3/c1-8-9(2)14-13(15(3)11(8)17)16-6-4-10(5-7-16)12(18)19/h10H,4-7H2,1-3H3,(H,18,19). The average molecular weight is 265 g/mol. The monoisotopic (exact) mass is 265 g/mol. The fourth-order valence-corrected chi connectivity index (χ4v) is 2.42. The predicted octanol–water partition coefficient (Wildman–Crippen LogP) is 0.698. The van der Waals surface area contributed by atoms with E-state index in [1.54, 1.807) is 18.5 Å². The molecule has 1 aromatic heterocycles. The zero-order valence-electron chi connectivity index (χ0n) is 11.5. The van der Waals surface area contributed by atoms with Crippen molar-refractivity contribution in [1.29, 1.82) is 0 Å². The van der Waals surface area contributed by atoms with Gasteiger partial charge in [0.1, 0.15) is 0 Å². The molecule has 1 aliphatic rings. The molecule has 0 saturated carbocycles. The van der Waals surface area contributed by atoms with Gasteiger partial charge in [0.05, 0.1) is 5.92 Å². The van der Waals surface area contributed by atoms with Crippen LogP contribution in [0.3, 0.4) is 0 Å². The van der Waals surface area contributed by atoms with Crippen molar-refractivity contribution in [2.45, 2.75) is 26.7 Å². The minimum atomic E-state index is -0.735. The molecule has 1 aliphatic heterocycles. The van der Waals surface area contributed by atoms with Crippen LogP contribution in [0.4, 0.5) is 5.95 Å². The molecule has 19 heavy (non-hydrogen) atoms. The second-order valence-electron chi connectivity index (χ2n) is 5.09. The molecule has 1 aromatic rings. The molecule has 2 rings (SSSR count). The van der Waals surface area contributed by atoms with E-state index in [2.05, 4.69) is 4.98 Å². The number of rotatable bonds is 2. The molecule has 6 heteroatoms. The first-order valence-electron chi connectivity index (χ1n) is 6.43. The lowest BCUT2D eigenvalue weighted by molar-refractivity contribution is -0.142. The first-order chi connectivity index (χ1) is 8.91. The number of carboxylic acid groups (broad SMARTS) is 1. The van der Waals surface area contributed by atoms with Crippen molar-refractivity contribution >= 4 is 11.9 Å². The summed E-state index contributed by atoms with van der Waals surface area (Å²) < 4.78 is 1.55. The molecule has 0 unspecified atom stereocenters. The smallest absolute Gasteiger partial charge is 0.306 e. The number of carboxylic acids is 1. The van der Waals surface area contributed by atoms with Crippen LogP contribution in [0.1, 0.15) is 24.1 Å². The van der Waals surface area contributed by atoms with Crippen molar-refractivity contribution in [3.8, 4) is 0 Å². The number of piperidine rings is 1. The number of hydrogen-bond donors (Lipinski definition) is 1. The Kier molecular flexibility index (Phi) is 3.59. The highest BCUT2D eigenvalue weighted by Crippen LogP contribution is 2.21. The summed E-state index contributed by atoms with van der Waals surface area (Å²) in [4.78, 5) is 29.4. The van der Waals surface area contributed by atoms with E-state index >= 15 is 0 Å². The third kappa shape index (κ3) is 2.47. The molecule has 0 spiro atoms. The van der Waals surface area contributed by atoms with E-state index in [0.717, 1.165) is 5.69 Å². The Labute approximate surface area is 111 Å². The lowest BCUT2D eigenvalue weighted by Crippen LogP contribution is -2.40. The average Bonchev–Trinajstić information content (AvgIpc) is 2.40. The molecule has 2 heterocycles. The van der Waals surface area contributed by atoms with Crippen molar-refractivity contribution in [3.63, 3.8) is 0 Å². The Hall–Kier alpha value is -1.85. The van der Waals surface area contributed by atoms with E-state index in [-0.39, 0.29) is 11.5 Å². The molecule has 104 valence electrons. The number of aryl methyl sites for hydroxylation is 1. The lowest BCUT2D eigenvalue weighted by atomic mass is 9.97. The van der Waals surface area contributed by atoms with Gasteiger partial charge in [0, 0.05) is 31.4 Å². The maximum absolute atomic E-state index is 12.0. The summed E-state index contributed by atoms with van der Waals surface area (Å²) in [5.74, 6) is -0.377. The van der Waals surface area contributed by atoms with E-state index in [0.29, 0.717) is 37.4 Å². The molecule has 0 bridgehead atoms. The summed E-state index contributed by atoms with van der Waals surface area (Å²) in [6.07, 6.45) is 1.19. The van der Waals surface area contributed by atoms with Crippen LogP contribution < -0.4 is 10.5 Å². The van der Waals surface area contributed by atoms with Crippen LogP contribution >= 0.6 is 0 Å². The van der Waals surface area contributed by atoms with Gasteiger partial charge in [0.15, 0.2) is 0 Å². The zero-order chi connectivity index (χ0) is 14.2. The highest BCUT2D eigenvalue weighted by Gasteiger charge is 2.26. The maximum Gasteiger partial charge on any atom is 0.306 e. The topological polar surface area (TPSA) is 75.4 Å². The van der Waals surface area contributed by atoms with Gasteiger partial charge in [-0.15, -0.1) is 0 Å². The van der Waals surface area contributed by atoms with E-state index in [1.165, 1.54) is 0 Å². The Morgan fingerprint density at radius 2 is 1.89 bits per heavy atom. The molecular formula is C13H19N3O3. The summed E-state index contributed by atoms with van der Waals surface area (Å²) in [7, 11) is 1.71. The summed E-state index contributed by atoms with van der Waals surface area (Å²) in [5.41, 5.74) is 1.35. The molecule has 6 nitrogen and oxygen atoms in total. The minimum absolute atomic E-state index is 0.0390. The van der Waals surface area contributed by atoms with Crippen molar-refractivity contribution in [2.75, 3.05) is 18.0 Å². The Bertz CT molecular complexity index is 557. The van der Waals surface area contributed by atoms with Crippen LogP contribution in [0.25, 0.3) is 0 Å². The molecule has 0 aromatic carbocycles. The quantitative estimate of drug-likeness (QED) is 0.852. The van der Waals surface area contributed by atoms with Crippen LogP contribution in [0, 0.1) is 19.8 Å². The van der Waals surface area contributed by atoms with Gasteiger partial charge in [0.25, 0.3) is 5.56 Å². The van der Waals surface area contributed by atoms with Crippen molar-refractivity contribution in [3.05, 3.63) is 21.6 Å². The SMILES string of the molecule is Cc1nc(N2CCC(C(=O)O)CC2)n(C)c(=O)c1C. The lowest BCUT2D eigenvalue weighted by Gasteiger charge is -2.32. The van der Waals surface area contributed by atoms with Gasteiger partial charge in [-0.25, -0.2) is 4.98 Å². The fraction of sp³-hybridized carbons (Fsp3) is 0.615. The van der Waals surface area contributed by atoms with E-state index < -0.39 is 5.97 Å². The van der Waals surface area contributed by atoms with Gasteiger partial charge in [-0.3, -0.25) is 14.2 Å². The van der Waals surface area contributed by atoms with Crippen LogP contribution in [-0.2, 0) is 11.8 Å². The highest BCUT2D eigenvalue weighted by atomic mass is 16.4. The molecular weight excluding hydrogens is 246 g/mol. The van der Waals surface area contributed by atoms with Gasteiger partial charge in [-0.1, -0.05) is 0 Å². The largest absolute Gasteiger partial charge is 0.481 e. The van der Waals surface area contributed by atoms with Crippen LogP contribution in [-0.4, -0.2) is 33.7 Å². The Morgan fingerprint density at radius 3 is 2.42 bits per heavy atom. The van der Waals surface area contributed by atoms with Gasteiger partial charge < -0.3 is 10.0 Å². The van der Waals surface area contributed by atoms with Gasteiger partial charge >= 0.3 is 5.97 Å². The maximum atomic E-state index is 12.0. The molecule has 0 aliphatic carbocycles. The van der Waals surface area contributed by atoms with E-state index in [1.807, 2.05) is 11.8 Å². The number of nitrogens with zero attached hydrogens (tertiary/aromatic N) is 3. The second kappa shape index (κ2) is 5.03. The van der Waals surface area contributed by atoms with Crippen LogP contribution in [0.2, 0.25) is 0 Å². The molecule has 1 saturated heterocycles. The fourth-order valence-electron chi connectivity index (χ4n) is 2.42. The van der Waals surface area contributed by atoms with E-state index in [4.69, 9.17) is 5.11 Å². The van der Waals surface area contributed by atoms with Crippen molar-refractivity contribution in [2.24, 2.45) is 13.0 Å². The number of aliphatic carboxylic acids is 1. The minimum Gasteiger partial charge on any atom is -0.481 e. The summed E-state index contributed by atoms with van der Waals surface area (Å²) in [6.45, 7) is 4.84. The second-order valence-corrected chi connectivity index (χ2v) is 5.09. The third-order valence-electron chi connectivity index (χ3n) is 3.86. The van der Waals surface area contributed by atoms with Crippen LogP contribution in [0.15, 0.2) is 4.79 Å². The number of aromatic nitrogens is 2. The highest BCUT2D eigenvalue weighted by molar-refractivity contribution is 5.70. The summed E-state index contributed by atoms with van der Waals surface area (Å²) >= 11 is 0. The van der Waals surface area contributed by atoms with E-state index in [9.17, 15) is 9.59 Å². The molecule has 1 fully saturated rings.